The molecule has 0 aliphatic carbocycles. The van der Waals surface area contributed by atoms with E-state index in [9.17, 15) is 4.79 Å². The van der Waals surface area contributed by atoms with E-state index < -0.39 is 0 Å². The molecule has 82 valence electrons. The molecule has 1 rings (SSSR count). The maximum absolute atomic E-state index is 11.3. The van der Waals surface area contributed by atoms with Gasteiger partial charge in [0.1, 0.15) is 0 Å². The van der Waals surface area contributed by atoms with E-state index in [2.05, 4.69) is 10.3 Å². The van der Waals surface area contributed by atoms with Crippen LogP contribution >= 0.6 is 11.6 Å². The van der Waals surface area contributed by atoms with E-state index in [0.717, 1.165) is 17.5 Å². The lowest BCUT2D eigenvalue weighted by Crippen LogP contribution is -2.22. The summed E-state index contributed by atoms with van der Waals surface area (Å²) < 4.78 is 0. The van der Waals surface area contributed by atoms with Crippen molar-refractivity contribution in [3.63, 3.8) is 0 Å². The lowest BCUT2D eigenvalue weighted by molar-refractivity contribution is -0.121. The number of amides is 1. The Kier molecular flexibility index (Phi) is 5.12. The minimum absolute atomic E-state index is 0.0407. The molecule has 0 atom stereocenters. The van der Waals surface area contributed by atoms with Crippen LogP contribution in [-0.2, 0) is 11.3 Å². The highest BCUT2D eigenvalue weighted by Gasteiger charge is 2.02. The normalized spacial score (nSPS) is 10.0. The van der Waals surface area contributed by atoms with Gasteiger partial charge >= 0.3 is 0 Å². The first-order chi connectivity index (χ1) is 7.24. The van der Waals surface area contributed by atoms with Crippen molar-refractivity contribution in [1.29, 1.82) is 0 Å². The van der Waals surface area contributed by atoms with Crippen molar-refractivity contribution in [3.8, 4) is 0 Å². The zero-order chi connectivity index (χ0) is 11.1. The van der Waals surface area contributed by atoms with Gasteiger partial charge < -0.3 is 5.32 Å². The molecule has 0 aliphatic heterocycles. The highest BCUT2D eigenvalue weighted by atomic mass is 35.5. The Morgan fingerprint density at radius 2 is 2.40 bits per heavy atom. The Morgan fingerprint density at radius 3 is 3.07 bits per heavy atom. The first-order valence-corrected chi connectivity index (χ1v) is 5.49. The number of pyridine rings is 1. The number of rotatable bonds is 5. The van der Waals surface area contributed by atoms with Crippen LogP contribution in [0.4, 0.5) is 0 Å². The summed E-state index contributed by atoms with van der Waals surface area (Å²) in [6, 6.07) is 1.93. The van der Waals surface area contributed by atoms with E-state index >= 15 is 0 Å². The van der Waals surface area contributed by atoms with Gasteiger partial charge in [0.05, 0.1) is 0 Å². The number of nitrogens with zero attached hydrogens (tertiary/aromatic N) is 1. The average Bonchev–Trinajstić information content (AvgIpc) is 2.25. The molecule has 3 nitrogen and oxygen atoms in total. The van der Waals surface area contributed by atoms with Crippen molar-refractivity contribution < 1.29 is 4.79 Å². The topological polar surface area (TPSA) is 42.0 Å². The number of carbonyl (C=O) groups excluding carboxylic acids is 1. The lowest BCUT2D eigenvalue weighted by atomic mass is 10.1. The van der Waals surface area contributed by atoms with Gasteiger partial charge in [0.25, 0.3) is 0 Å². The second kappa shape index (κ2) is 6.40. The summed E-state index contributed by atoms with van der Waals surface area (Å²) in [5.41, 5.74) is 2.19. The molecule has 1 amide bonds. The Bertz CT molecular complexity index is 328. The maximum atomic E-state index is 11.3. The molecule has 1 heterocycles. The number of aromatic nitrogens is 1. The molecule has 0 spiro atoms. The van der Waals surface area contributed by atoms with Gasteiger partial charge in [-0.2, -0.15) is 0 Å². The second-order valence-electron chi connectivity index (χ2n) is 3.37. The summed E-state index contributed by atoms with van der Waals surface area (Å²) >= 11 is 5.50. The zero-order valence-corrected chi connectivity index (χ0v) is 9.55. The van der Waals surface area contributed by atoms with Gasteiger partial charge in [-0.1, -0.05) is 0 Å². The molecule has 0 fully saturated rings. The summed E-state index contributed by atoms with van der Waals surface area (Å²) in [5, 5.41) is 2.84. The van der Waals surface area contributed by atoms with Crippen LogP contribution in [-0.4, -0.2) is 16.8 Å². The molecule has 15 heavy (non-hydrogen) atoms. The Balaban J connectivity index is 2.37. The van der Waals surface area contributed by atoms with E-state index in [1.165, 1.54) is 0 Å². The molecule has 1 aromatic rings. The molecule has 0 saturated heterocycles. The highest BCUT2D eigenvalue weighted by molar-refractivity contribution is 6.17. The molecule has 0 saturated carbocycles. The van der Waals surface area contributed by atoms with Crippen LogP contribution in [0.25, 0.3) is 0 Å². The number of aryl methyl sites for hydroxylation is 1. The third-order valence-electron chi connectivity index (χ3n) is 2.16. The van der Waals surface area contributed by atoms with E-state index in [4.69, 9.17) is 11.6 Å². The predicted octanol–water partition coefficient (Wildman–Crippen LogP) is 2.03. The first kappa shape index (κ1) is 12.0. The van der Waals surface area contributed by atoms with E-state index in [1.807, 2.05) is 13.0 Å². The average molecular weight is 227 g/mol. The van der Waals surface area contributed by atoms with Crippen LogP contribution in [0, 0.1) is 6.92 Å². The minimum Gasteiger partial charge on any atom is -0.352 e. The number of hydrogen-bond acceptors (Lipinski definition) is 2. The molecule has 0 aliphatic rings. The van der Waals surface area contributed by atoms with Crippen molar-refractivity contribution >= 4 is 17.5 Å². The van der Waals surface area contributed by atoms with E-state index in [-0.39, 0.29) is 5.91 Å². The number of alkyl halides is 1. The quantitative estimate of drug-likeness (QED) is 0.781. The van der Waals surface area contributed by atoms with Gasteiger partial charge in [-0.25, -0.2) is 0 Å². The van der Waals surface area contributed by atoms with Gasteiger partial charge in [-0.05, 0) is 30.5 Å². The number of nitrogens with one attached hydrogen (secondary N) is 1. The monoisotopic (exact) mass is 226 g/mol. The van der Waals surface area contributed by atoms with E-state index in [1.54, 1.807) is 12.4 Å². The highest BCUT2D eigenvalue weighted by Crippen LogP contribution is 2.04. The van der Waals surface area contributed by atoms with Crippen LogP contribution in [0.3, 0.4) is 0 Å². The number of carbonyl (C=O) groups is 1. The van der Waals surface area contributed by atoms with Crippen LogP contribution in [0.2, 0.25) is 0 Å². The van der Waals surface area contributed by atoms with Gasteiger partial charge in [-0.3, -0.25) is 9.78 Å². The van der Waals surface area contributed by atoms with Crippen LogP contribution in [0.5, 0.6) is 0 Å². The van der Waals surface area contributed by atoms with Crippen molar-refractivity contribution in [2.75, 3.05) is 5.88 Å². The van der Waals surface area contributed by atoms with Gasteiger partial charge in [0, 0.05) is 31.2 Å². The molecule has 0 radical (unpaired) electrons. The lowest BCUT2D eigenvalue weighted by Gasteiger charge is -2.06. The molecule has 0 unspecified atom stereocenters. The van der Waals surface area contributed by atoms with Crippen LogP contribution in [0.1, 0.15) is 24.0 Å². The van der Waals surface area contributed by atoms with E-state index in [0.29, 0.717) is 18.8 Å². The fourth-order valence-electron chi connectivity index (χ4n) is 1.19. The predicted molar refractivity (Wildman–Crippen MR) is 60.8 cm³/mol. The number of halogens is 1. The van der Waals surface area contributed by atoms with Gasteiger partial charge in [0.2, 0.25) is 5.91 Å². The zero-order valence-electron chi connectivity index (χ0n) is 8.79. The molecule has 1 N–H and O–H groups in total. The SMILES string of the molecule is Cc1ccncc1CNC(=O)CCCCl. The summed E-state index contributed by atoms with van der Waals surface area (Å²) in [6.07, 6.45) is 4.73. The molecule has 0 aromatic carbocycles. The fourth-order valence-corrected chi connectivity index (χ4v) is 1.32. The Labute approximate surface area is 94.9 Å². The number of hydrogen-bond donors (Lipinski definition) is 1. The van der Waals surface area contributed by atoms with Crippen molar-refractivity contribution in [1.82, 2.24) is 10.3 Å². The smallest absolute Gasteiger partial charge is 0.220 e. The third kappa shape index (κ3) is 4.30. The maximum Gasteiger partial charge on any atom is 0.220 e. The van der Waals surface area contributed by atoms with Crippen molar-refractivity contribution in [2.24, 2.45) is 0 Å². The Morgan fingerprint density at radius 1 is 1.60 bits per heavy atom. The summed E-state index contributed by atoms with van der Waals surface area (Å²) in [5.74, 6) is 0.568. The standard InChI is InChI=1S/C11H15ClN2O/c1-9-4-6-13-7-10(9)8-14-11(15)3-2-5-12/h4,6-7H,2-3,5,8H2,1H3,(H,14,15). The van der Waals surface area contributed by atoms with Crippen molar-refractivity contribution in [2.45, 2.75) is 26.3 Å². The summed E-state index contributed by atoms with van der Waals surface area (Å²) in [6.45, 7) is 2.54. The first-order valence-electron chi connectivity index (χ1n) is 4.96. The Hall–Kier alpha value is -1.09. The van der Waals surface area contributed by atoms with Crippen LogP contribution in [0.15, 0.2) is 18.5 Å². The summed E-state index contributed by atoms with van der Waals surface area (Å²) in [4.78, 5) is 15.3. The van der Waals surface area contributed by atoms with Gasteiger partial charge in [0.15, 0.2) is 0 Å². The molecule has 0 bridgehead atoms. The molecular formula is C11H15ClN2O. The second-order valence-corrected chi connectivity index (χ2v) is 3.75. The largest absolute Gasteiger partial charge is 0.352 e. The fraction of sp³-hybridized carbons (Fsp3) is 0.455. The minimum atomic E-state index is 0.0407. The molecule has 1 aromatic heterocycles. The van der Waals surface area contributed by atoms with Gasteiger partial charge in [-0.15, -0.1) is 11.6 Å². The van der Waals surface area contributed by atoms with Crippen LogP contribution < -0.4 is 5.32 Å². The molecule has 4 heteroatoms. The molecular weight excluding hydrogens is 212 g/mol. The summed E-state index contributed by atoms with van der Waals surface area (Å²) in [7, 11) is 0. The van der Waals surface area contributed by atoms with Crippen molar-refractivity contribution in [3.05, 3.63) is 29.6 Å². The third-order valence-corrected chi connectivity index (χ3v) is 2.43.